The first-order chi connectivity index (χ1) is 11.0. The fourth-order valence-electron chi connectivity index (χ4n) is 3.21. The van der Waals surface area contributed by atoms with Crippen molar-refractivity contribution in [2.24, 2.45) is 5.41 Å². The fraction of sp³-hybridized carbons (Fsp3) is 0.263. The van der Waals surface area contributed by atoms with Crippen LogP contribution in [0, 0.1) is 5.41 Å². The van der Waals surface area contributed by atoms with Gasteiger partial charge in [-0.1, -0.05) is 36.4 Å². The van der Waals surface area contributed by atoms with Gasteiger partial charge in [-0.05, 0) is 31.9 Å². The van der Waals surface area contributed by atoms with Gasteiger partial charge in [0.05, 0.1) is 10.9 Å². The zero-order chi connectivity index (χ0) is 16.4. The summed E-state index contributed by atoms with van der Waals surface area (Å²) in [7, 11) is 0. The summed E-state index contributed by atoms with van der Waals surface area (Å²) in [4.78, 5) is 24.0. The molecule has 0 amide bonds. The van der Waals surface area contributed by atoms with Crippen molar-refractivity contribution in [2.45, 2.75) is 26.2 Å². The molecule has 4 nitrogen and oxygen atoms in total. The molecule has 1 N–H and O–H groups in total. The Bertz CT molecular complexity index is 873. The molecule has 1 aliphatic carbocycles. The van der Waals surface area contributed by atoms with Crippen LogP contribution in [0.15, 0.2) is 57.8 Å². The van der Waals surface area contributed by atoms with Gasteiger partial charge in [-0.3, -0.25) is 4.79 Å². The van der Waals surface area contributed by atoms with E-state index in [0.717, 1.165) is 0 Å². The highest BCUT2D eigenvalue weighted by Crippen LogP contribution is 2.38. The fourth-order valence-corrected chi connectivity index (χ4v) is 3.21. The molecule has 118 valence electrons. The van der Waals surface area contributed by atoms with Crippen molar-refractivity contribution in [2.75, 3.05) is 0 Å². The van der Waals surface area contributed by atoms with Gasteiger partial charge in [-0.2, -0.15) is 0 Å². The number of allylic oxidation sites excluding steroid dienone is 4. The quantitative estimate of drug-likeness (QED) is 0.877. The molecule has 0 radical (unpaired) electrons. The molecule has 0 saturated heterocycles. The summed E-state index contributed by atoms with van der Waals surface area (Å²) < 4.78 is 5.32. The van der Waals surface area contributed by atoms with Gasteiger partial charge in [0.2, 0.25) is 0 Å². The summed E-state index contributed by atoms with van der Waals surface area (Å²) in [5.41, 5.74) is -0.453. The van der Waals surface area contributed by atoms with Gasteiger partial charge < -0.3 is 9.52 Å². The summed E-state index contributed by atoms with van der Waals surface area (Å²) in [6, 6.07) is 6.89. The number of hydrogen-bond donors (Lipinski definition) is 1. The van der Waals surface area contributed by atoms with Gasteiger partial charge in [0.25, 0.3) is 0 Å². The highest BCUT2D eigenvalue weighted by Gasteiger charge is 2.32. The molecule has 1 aromatic carbocycles. The molecule has 0 spiro atoms. The number of benzene rings is 1. The van der Waals surface area contributed by atoms with E-state index in [1.54, 1.807) is 24.3 Å². The molecule has 23 heavy (non-hydrogen) atoms. The highest BCUT2D eigenvalue weighted by molar-refractivity contribution is 5.84. The third-order valence-electron chi connectivity index (χ3n) is 4.23. The maximum Gasteiger partial charge on any atom is 0.343 e. The Labute approximate surface area is 133 Å². The van der Waals surface area contributed by atoms with Crippen LogP contribution in [0.5, 0.6) is 5.75 Å². The average molecular weight is 310 g/mol. The monoisotopic (exact) mass is 310 g/mol. The van der Waals surface area contributed by atoms with Crippen LogP contribution in [0.1, 0.15) is 25.3 Å². The van der Waals surface area contributed by atoms with Gasteiger partial charge in [-0.25, -0.2) is 4.79 Å². The van der Waals surface area contributed by atoms with E-state index in [2.05, 4.69) is 0 Å². The van der Waals surface area contributed by atoms with Crippen LogP contribution in [-0.2, 0) is 11.2 Å². The maximum absolute atomic E-state index is 12.3. The molecule has 1 atom stereocenters. The number of rotatable bonds is 4. The SMILES string of the molecule is CC(=O)CC1(Cc2c(O)c3ccccc3oc2=O)C=CC=CC1. The van der Waals surface area contributed by atoms with Crippen LogP contribution in [0.2, 0.25) is 0 Å². The lowest BCUT2D eigenvalue weighted by Gasteiger charge is -2.30. The number of aromatic hydroxyl groups is 1. The number of ketones is 1. The summed E-state index contributed by atoms with van der Waals surface area (Å²) in [5, 5.41) is 11.0. The van der Waals surface area contributed by atoms with E-state index in [1.165, 1.54) is 6.92 Å². The molecule has 0 aliphatic heterocycles. The number of Topliss-reactive ketones (excluding diaryl/α,β-unsaturated/α-hetero) is 1. The Morgan fingerprint density at radius 3 is 2.78 bits per heavy atom. The van der Waals surface area contributed by atoms with Crippen molar-refractivity contribution in [3.63, 3.8) is 0 Å². The highest BCUT2D eigenvalue weighted by atomic mass is 16.4. The predicted molar refractivity (Wildman–Crippen MR) is 88.5 cm³/mol. The molecule has 1 aliphatic rings. The van der Waals surface area contributed by atoms with Crippen molar-refractivity contribution in [3.8, 4) is 5.75 Å². The molecule has 0 fully saturated rings. The Morgan fingerprint density at radius 2 is 2.09 bits per heavy atom. The Kier molecular flexibility index (Phi) is 3.90. The predicted octanol–water partition coefficient (Wildman–Crippen LogP) is 3.52. The summed E-state index contributed by atoms with van der Waals surface area (Å²) in [6.45, 7) is 1.54. The van der Waals surface area contributed by atoms with Crippen LogP contribution < -0.4 is 5.63 Å². The maximum atomic E-state index is 12.3. The molecular weight excluding hydrogens is 292 g/mol. The molecule has 4 heteroatoms. The van der Waals surface area contributed by atoms with Crippen LogP contribution >= 0.6 is 0 Å². The normalized spacial score (nSPS) is 20.0. The van der Waals surface area contributed by atoms with Gasteiger partial charge in [-0.15, -0.1) is 0 Å². The molecule has 2 aromatic rings. The first kappa shape index (κ1) is 15.3. The van der Waals surface area contributed by atoms with Crippen molar-refractivity contribution in [1.82, 2.24) is 0 Å². The molecule has 1 aromatic heterocycles. The minimum atomic E-state index is -0.549. The van der Waals surface area contributed by atoms with E-state index in [-0.39, 0.29) is 23.5 Å². The molecule has 3 rings (SSSR count). The second-order valence-corrected chi connectivity index (χ2v) is 6.12. The lowest BCUT2D eigenvalue weighted by molar-refractivity contribution is -0.118. The Morgan fingerprint density at radius 1 is 1.30 bits per heavy atom. The van der Waals surface area contributed by atoms with Gasteiger partial charge in [0.1, 0.15) is 17.1 Å². The third-order valence-corrected chi connectivity index (χ3v) is 4.23. The van der Waals surface area contributed by atoms with Gasteiger partial charge in [0.15, 0.2) is 0 Å². The van der Waals surface area contributed by atoms with E-state index in [4.69, 9.17) is 4.42 Å². The molecule has 1 unspecified atom stereocenters. The zero-order valence-corrected chi connectivity index (χ0v) is 12.9. The second-order valence-electron chi connectivity index (χ2n) is 6.12. The molecule has 0 saturated carbocycles. The van der Waals surface area contributed by atoms with Crippen molar-refractivity contribution in [3.05, 3.63) is 64.6 Å². The van der Waals surface area contributed by atoms with Crippen LogP contribution in [-0.4, -0.2) is 10.9 Å². The molecule has 1 heterocycles. The first-order valence-corrected chi connectivity index (χ1v) is 7.58. The number of para-hydroxylation sites is 1. The third kappa shape index (κ3) is 2.97. The van der Waals surface area contributed by atoms with E-state index >= 15 is 0 Å². The van der Waals surface area contributed by atoms with Crippen molar-refractivity contribution in [1.29, 1.82) is 0 Å². The largest absolute Gasteiger partial charge is 0.507 e. The van der Waals surface area contributed by atoms with Crippen molar-refractivity contribution >= 4 is 16.8 Å². The number of hydrogen-bond acceptors (Lipinski definition) is 4. The summed E-state index contributed by atoms with van der Waals surface area (Å²) in [5.74, 6) is -0.00246. The summed E-state index contributed by atoms with van der Waals surface area (Å²) in [6.07, 6.45) is 8.96. The van der Waals surface area contributed by atoms with Crippen LogP contribution in [0.3, 0.4) is 0 Å². The van der Waals surface area contributed by atoms with E-state index in [9.17, 15) is 14.7 Å². The minimum absolute atomic E-state index is 0.0506. The smallest absolute Gasteiger partial charge is 0.343 e. The Hall–Kier alpha value is -2.62. The van der Waals surface area contributed by atoms with Crippen LogP contribution in [0.4, 0.5) is 0 Å². The average Bonchev–Trinajstić information content (AvgIpc) is 2.52. The lowest BCUT2D eigenvalue weighted by atomic mass is 9.73. The molecular formula is C19H18O4. The zero-order valence-electron chi connectivity index (χ0n) is 12.9. The van der Waals surface area contributed by atoms with E-state index in [0.29, 0.717) is 23.8 Å². The van der Waals surface area contributed by atoms with Gasteiger partial charge in [0, 0.05) is 11.8 Å². The second kappa shape index (κ2) is 5.88. The van der Waals surface area contributed by atoms with E-state index < -0.39 is 11.0 Å². The number of carbonyl (C=O) groups is 1. The lowest BCUT2D eigenvalue weighted by Crippen LogP contribution is -2.27. The van der Waals surface area contributed by atoms with Crippen LogP contribution in [0.25, 0.3) is 11.0 Å². The van der Waals surface area contributed by atoms with E-state index in [1.807, 2.05) is 24.3 Å². The van der Waals surface area contributed by atoms with Gasteiger partial charge >= 0.3 is 5.63 Å². The standard InChI is InChI=1S/C19H18O4/c1-13(20)11-19(9-5-2-6-10-19)12-15-17(21)14-7-3-4-8-16(14)23-18(15)22/h2-9,21H,10-12H2,1H3. The number of carbonyl (C=O) groups excluding carboxylic acids is 1. The Balaban J connectivity index is 2.09. The topological polar surface area (TPSA) is 67.5 Å². The molecule has 0 bridgehead atoms. The van der Waals surface area contributed by atoms with Crippen molar-refractivity contribution < 1.29 is 14.3 Å². The summed E-state index contributed by atoms with van der Waals surface area (Å²) >= 11 is 0. The minimum Gasteiger partial charge on any atom is -0.507 e. The first-order valence-electron chi connectivity index (χ1n) is 7.58. The number of fused-ring (bicyclic) bond motifs is 1.